The molecule has 2 aromatic rings. The SMILES string of the molecule is CCC(=O)NCCCC[C@H](NC(=O)[C@H](CCCCN)NC(=O)[C@@H]1CCCN1C(=O)[C@H](CCC(N)=O)NC(C)=O)C(=O)Nc1ccc2c(C)cc(=O)oc2c1. The van der Waals surface area contributed by atoms with Crippen LogP contribution in [-0.2, 0) is 33.6 Å². The Kier molecular flexibility index (Phi) is 17.1. The van der Waals surface area contributed by atoms with E-state index in [1.165, 1.54) is 24.0 Å². The molecule has 0 unspecified atom stereocenters. The average Bonchev–Trinajstić information content (AvgIpc) is 3.61. The Labute approximate surface area is 314 Å². The number of nitrogens with two attached hydrogens (primary N) is 2. The van der Waals surface area contributed by atoms with Gasteiger partial charge in [0, 0.05) is 56.1 Å². The van der Waals surface area contributed by atoms with Crippen molar-refractivity contribution in [3.8, 4) is 0 Å². The zero-order valence-electron chi connectivity index (χ0n) is 31.3. The normalized spacial score (nSPS) is 15.5. The number of fused-ring (bicyclic) bond motifs is 1. The molecule has 3 rings (SSSR count). The van der Waals surface area contributed by atoms with Crippen LogP contribution in [0.25, 0.3) is 11.0 Å². The zero-order valence-corrected chi connectivity index (χ0v) is 31.3. The number of anilines is 1. The van der Waals surface area contributed by atoms with Gasteiger partial charge in [0.05, 0.1) is 0 Å². The molecule has 7 amide bonds. The first kappa shape index (κ1) is 43.1. The molecular formula is C37H54N8O9. The first-order chi connectivity index (χ1) is 25.7. The van der Waals surface area contributed by atoms with E-state index in [4.69, 9.17) is 15.9 Å². The molecule has 17 heteroatoms. The van der Waals surface area contributed by atoms with Gasteiger partial charge in [-0.25, -0.2) is 4.79 Å². The standard InChI is InChI=1S/C37H54N8O9/c1-4-32(48)40-18-8-6-11-26(34(50)42-24-13-14-25-22(2)20-33(49)54-30(25)21-24)43-35(51)27(10-5-7-17-38)44-36(52)29-12-9-19-45(29)37(53)28(41-23(3)46)15-16-31(39)47/h13-14,20-21,26-29H,4-12,15-19,38H2,1-3H3,(H2,39,47)(H,40,48)(H,41,46)(H,42,50)(H,43,51)(H,44,52)/t26-,27-,28-,29-/m0/s1. The number of amides is 7. The number of unbranched alkanes of at least 4 members (excludes halogenated alkanes) is 2. The quantitative estimate of drug-likeness (QED) is 0.0689. The van der Waals surface area contributed by atoms with Crippen molar-refractivity contribution < 1.29 is 38.0 Å². The summed E-state index contributed by atoms with van der Waals surface area (Å²) in [6, 6.07) is 2.11. The Morgan fingerprint density at radius 3 is 2.28 bits per heavy atom. The van der Waals surface area contributed by atoms with E-state index in [0.717, 1.165) is 0 Å². The van der Waals surface area contributed by atoms with E-state index in [1.807, 2.05) is 0 Å². The fourth-order valence-electron chi connectivity index (χ4n) is 6.32. The van der Waals surface area contributed by atoms with Crippen molar-refractivity contribution in [3.05, 3.63) is 40.2 Å². The monoisotopic (exact) mass is 754 g/mol. The summed E-state index contributed by atoms with van der Waals surface area (Å²) in [6.45, 7) is 5.72. The molecule has 1 aliphatic heterocycles. The Balaban J connectivity index is 1.80. The molecule has 0 radical (unpaired) electrons. The topological polar surface area (TPSA) is 265 Å². The van der Waals surface area contributed by atoms with Crippen LogP contribution in [0.3, 0.4) is 0 Å². The fourth-order valence-corrected chi connectivity index (χ4v) is 6.32. The van der Waals surface area contributed by atoms with Gasteiger partial charge in [0.2, 0.25) is 41.4 Å². The maximum atomic E-state index is 13.9. The van der Waals surface area contributed by atoms with E-state index in [2.05, 4.69) is 26.6 Å². The van der Waals surface area contributed by atoms with Crippen LogP contribution in [0.5, 0.6) is 0 Å². The Bertz CT molecular complexity index is 1730. The maximum absolute atomic E-state index is 13.9. The van der Waals surface area contributed by atoms with Crippen molar-refractivity contribution in [2.75, 3.05) is 25.0 Å². The lowest BCUT2D eigenvalue weighted by Gasteiger charge is -2.30. The molecule has 1 aromatic heterocycles. The summed E-state index contributed by atoms with van der Waals surface area (Å²) in [5.41, 5.74) is 11.8. The third kappa shape index (κ3) is 13.3. The number of nitrogens with one attached hydrogen (secondary N) is 5. The Hall–Kier alpha value is -5.32. The van der Waals surface area contributed by atoms with Gasteiger partial charge in [0.25, 0.3) is 0 Å². The molecule has 1 fully saturated rings. The van der Waals surface area contributed by atoms with E-state index in [9.17, 15) is 38.4 Å². The van der Waals surface area contributed by atoms with E-state index >= 15 is 0 Å². The molecule has 17 nitrogen and oxygen atoms in total. The first-order valence-electron chi connectivity index (χ1n) is 18.5. The molecule has 296 valence electrons. The predicted molar refractivity (Wildman–Crippen MR) is 201 cm³/mol. The van der Waals surface area contributed by atoms with Gasteiger partial charge in [-0.3, -0.25) is 33.6 Å². The van der Waals surface area contributed by atoms with Crippen LogP contribution in [0, 0.1) is 6.92 Å². The van der Waals surface area contributed by atoms with E-state index in [-0.39, 0.29) is 43.7 Å². The minimum absolute atomic E-state index is 0.0373. The summed E-state index contributed by atoms with van der Waals surface area (Å²) in [6.07, 6.45) is 3.39. The number of aryl methyl sites for hydroxylation is 1. The van der Waals surface area contributed by atoms with Crippen molar-refractivity contribution in [1.29, 1.82) is 0 Å². The Morgan fingerprint density at radius 2 is 1.61 bits per heavy atom. The second kappa shape index (κ2) is 21.4. The van der Waals surface area contributed by atoms with Gasteiger partial charge < -0.3 is 47.4 Å². The predicted octanol–water partition coefficient (Wildman–Crippen LogP) is 0.596. The first-order valence-corrected chi connectivity index (χ1v) is 18.5. The summed E-state index contributed by atoms with van der Waals surface area (Å²) in [5.74, 6) is -3.51. The lowest BCUT2D eigenvalue weighted by Crippen LogP contribution is -2.57. The minimum atomic E-state index is -1.08. The van der Waals surface area contributed by atoms with E-state index in [1.54, 1.807) is 26.0 Å². The van der Waals surface area contributed by atoms with Gasteiger partial charge in [0.15, 0.2) is 0 Å². The maximum Gasteiger partial charge on any atom is 0.336 e. The molecule has 2 heterocycles. The zero-order chi connectivity index (χ0) is 39.8. The summed E-state index contributed by atoms with van der Waals surface area (Å²) in [4.78, 5) is 103. The lowest BCUT2D eigenvalue weighted by atomic mass is 10.0. The van der Waals surface area contributed by atoms with Gasteiger partial charge in [-0.2, -0.15) is 0 Å². The number of benzene rings is 1. The number of nitrogens with zero attached hydrogens (tertiary/aromatic N) is 1. The highest BCUT2D eigenvalue weighted by atomic mass is 16.4. The molecule has 1 aliphatic rings. The van der Waals surface area contributed by atoms with Gasteiger partial charge in [0.1, 0.15) is 29.8 Å². The second-order valence-electron chi connectivity index (χ2n) is 13.5. The highest BCUT2D eigenvalue weighted by Crippen LogP contribution is 2.22. The fraction of sp³-hybridized carbons (Fsp3) is 0.568. The molecule has 1 saturated heterocycles. The van der Waals surface area contributed by atoms with Crippen LogP contribution in [0.2, 0.25) is 0 Å². The highest BCUT2D eigenvalue weighted by Gasteiger charge is 2.39. The molecule has 0 saturated carbocycles. The van der Waals surface area contributed by atoms with Crippen molar-refractivity contribution in [2.24, 2.45) is 11.5 Å². The second-order valence-corrected chi connectivity index (χ2v) is 13.5. The summed E-state index contributed by atoms with van der Waals surface area (Å²) in [7, 11) is 0. The molecule has 0 spiro atoms. The van der Waals surface area contributed by atoms with E-state index in [0.29, 0.717) is 74.7 Å². The number of primary amides is 1. The molecule has 0 aliphatic carbocycles. The minimum Gasteiger partial charge on any atom is -0.423 e. The van der Waals surface area contributed by atoms with Gasteiger partial charge >= 0.3 is 5.63 Å². The van der Waals surface area contributed by atoms with Crippen molar-refractivity contribution in [3.63, 3.8) is 0 Å². The van der Waals surface area contributed by atoms with Crippen LogP contribution in [0.1, 0.15) is 90.0 Å². The van der Waals surface area contributed by atoms with Crippen molar-refractivity contribution >= 4 is 58.0 Å². The lowest BCUT2D eigenvalue weighted by molar-refractivity contribution is -0.142. The number of rotatable bonds is 21. The van der Waals surface area contributed by atoms with Crippen LogP contribution in [-0.4, -0.2) is 90.1 Å². The average molecular weight is 755 g/mol. The van der Waals surface area contributed by atoms with Gasteiger partial charge in [-0.1, -0.05) is 6.92 Å². The number of hydrogen-bond acceptors (Lipinski definition) is 10. The highest BCUT2D eigenvalue weighted by molar-refractivity contribution is 6.00. The summed E-state index contributed by atoms with van der Waals surface area (Å²) < 4.78 is 5.32. The van der Waals surface area contributed by atoms with Crippen molar-refractivity contribution in [2.45, 2.75) is 116 Å². The number of hydrogen-bond donors (Lipinski definition) is 7. The smallest absolute Gasteiger partial charge is 0.336 e. The van der Waals surface area contributed by atoms with Gasteiger partial charge in [-0.05, 0) is 89.0 Å². The number of carbonyl (C=O) groups is 7. The molecule has 0 bridgehead atoms. The van der Waals surface area contributed by atoms with E-state index < -0.39 is 65.2 Å². The van der Waals surface area contributed by atoms with Crippen LogP contribution in [0.15, 0.2) is 33.5 Å². The summed E-state index contributed by atoms with van der Waals surface area (Å²) in [5, 5.41) is 14.4. The summed E-state index contributed by atoms with van der Waals surface area (Å²) >= 11 is 0. The van der Waals surface area contributed by atoms with Crippen molar-refractivity contribution in [1.82, 2.24) is 26.2 Å². The third-order valence-corrected chi connectivity index (χ3v) is 9.19. The number of carbonyl (C=O) groups excluding carboxylic acids is 7. The molecule has 4 atom stereocenters. The molecule has 9 N–H and O–H groups in total. The van der Waals surface area contributed by atoms with Crippen LogP contribution >= 0.6 is 0 Å². The van der Waals surface area contributed by atoms with Gasteiger partial charge in [-0.15, -0.1) is 0 Å². The third-order valence-electron chi connectivity index (χ3n) is 9.19. The van der Waals surface area contributed by atoms with Crippen LogP contribution < -0.4 is 43.7 Å². The molecule has 54 heavy (non-hydrogen) atoms. The molecule has 1 aromatic carbocycles. The number of likely N-dealkylation sites (tertiary alicyclic amines) is 1. The Morgan fingerprint density at radius 1 is 0.907 bits per heavy atom. The largest absolute Gasteiger partial charge is 0.423 e. The molecular weight excluding hydrogens is 700 g/mol. The van der Waals surface area contributed by atoms with Crippen LogP contribution in [0.4, 0.5) is 5.69 Å².